The average molecular weight is 378 g/mol. The minimum absolute atomic E-state index is 0.0324. The summed E-state index contributed by atoms with van der Waals surface area (Å²) in [5.41, 5.74) is 0. The van der Waals surface area contributed by atoms with Gasteiger partial charge in [0.2, 0.25) is 15.9 Å². The molecule has 0 atom stereocenters. The second-order valence-corrected chi connectivity index (χ2v) is 8.24. The minimum Gasteiger partial charge on any atom is -0.348 e. The van der Waals surface area contributed by atoms with Gasteiger partial charge in [0.1, 0.15) is 10.7 Å². The van der Waals surface area contributed by atoms with Gasteiger partial charge in [0.25, 0.3) is 0 Å². The Hall–Kier alpha value is -1.22. The maximum Gasteiger partial charge on any atom is 0.246 e. The molecule has 1 aliphatic heterocycles. The summed E-state index contributed by atoms with van der Waals surface area (Å²) in [6.07, 6.45) is 0.579. The molecule has 0 saturated carbocycles. The number of amides is 1. The number of nitrogens with zero attached hydrogens (tertiary/aromatic N) is 3. The smallest absolute Gasteiger partial charge is 0.246 e. The molecule has 1 aromatic rings. The van der Waals surface area contributed by atoms with Gasteiger partial charge < -0.3 is 4.90 Å². The number of likely N-dealkylation sites (N-methyl/N-ethyl adjacent to an activating group) is 1. The predicted octanol–water partition coefficient (Wildman–Crippen LogP) is 1.26. The molecule has 2 rings (SSSR count). The Morgan fingerprint density at radius 3 is 2.58 bits per heavy atom. The molecule has 1 saturated heterocycles. The molecule has 1 amide bonds. The zero-order chi connectivity index (χ0) is 17.9. The highest BCUT2D eigenvalue weighted by Crippen LogP contribution is 2.23. The van der Waals surface area contributed by atoms with Crippen molar-refractivity contribution >= 4 is 27.5 Å². The van der Waals surface area contributed by atoms with Crippen LogP contribution in [0, 0.1) is 5.82 Å². The lowest BCUT2D eigenvalue weighted by atomic mass is 10.3. The first kappa shape index (κ1) is 19.1. The van der Waals surface area contributed by atoms with Gasteiger partial charge in [-0.3, -0.25) is 9.69 Å². The molecular weight excluding hydrogens is 357 g/mol. The highest BCUT2D eigenvalue weighted by Gasteiger charge is 2.29. The first-order valence-electron chi connectivity index (χ1n) is 7.59. The van der Waals surface area contributed by atoms with Gasteiger partial charge in [0.15, 0.2) is 0 Å². The van der Waals surface area contributed by atoms with Gasteiger partial charge in [-0.2, -0.15) is 4.31 Å². The molecule has 0 bridgehead atoms. The molecule has 1 heterocycles. The second kappa shape index (κ2) is 7.77. The van der Waals surface area contributed by atoms with Crippen molar-refractivity contribution in [3.8, 4) is 0 Å². The third kappa shape index (κ3) is 4.44. The standard InChI is InChI=1S/C15H21ClFN3O3S/c1-18(2)15(21)11-19-6-3-7-20(9-8-19)24(22,23)14-5-4-12(16)10-13(14)17/h4-5,10H,3,6-9,11H2,1-2H3. The summed E-state index contributed by atoms with van der Waals surface area (Å²) in [4.78, 5) is 14.8. The van der Waals surface area contributed by atoms with Crippen molar-refractivity contribution in [1.29, 1.82) is 0 Å². The third-order valence-corrected chi connectivity index (χ3v) is 6.08. The van der Waals surface area contributed by atoms with E-state index < -0.39 is 15.8 Å². The molecule has 6 nitrogen and oxygen atoms in total. The fourth-order valence-electron chi connectivity index (χ4n) is 2.50. The highest BCUT2D eigenvalue weighted by molar-refractivity contribution is 7.89. The molecule has 1 fully saturated rings. The third-order valence-electron chi connectivity index (χ3n) is 3.92. The van der Waals surface area contributed by atoms with E-state index >= 15 is 0 Å². The van der Waals surface area contributed by atoms with E-state index in [4.69, 9.17) is 11.6 Å². The molecule has 0 unspecified atom stereocenters. The van der Waals surface area contributed by atoms with Gasteiger partial charge >= 0.3 is 0 Å². The van der Waals surface area contributed by atoms with Crippen molar-refractivity contribution in [2.24, 2.45) is 0 Å². The number of carbonyl (C=O) groups excluding carboxylic acids is 1. The number of halogens is 2. The molecule has 134 valence electrons. The molecule has 0 spiro atoms. The van der Waals surface area contributed by atoms with Crippen molar-refractivity contribution in [2.45, 2.75) is 11.3 Å². The lowest BCUT2D eigenvalue weighted by molar-refractivity contribution is -0.129. The summed E-state index contributed by atoms with van der Waals surface area (Å²) in [6.45, 7) is 1.79. The molecule has 0 aromatic heterocycles. The van der Waals surface area contributed by atoms with E-state index in [0.717, 1.165) is 6.07 Å². The Balaban J connectivity index is 2.11. The van der Waals surface area contributed by atoms with Gasteiger partial charge in [0.05, 0.1) is 6.54 Å². The first-order valence-corrected chi connectivity index (χ1v) is 9.41. The number of sulfonamides is 1. The summed E-state index contributed by atoms with van der Waals surface area (Å²) in [5.74, 6) is -0.888. The summed E-state index contributed by atoms with van der Waals surface area (Å²) >= 11 is 5.68. The zero-order valence-corrected chi connectivity index (χ0v) is 15.3. The largest absolute Gasteiger partial charge is 0.348 e. The normalized spacial score (nSPS) is 17.5. The summed E-state index contributed by atoms with van der Waals surface area (Å²) in [5, 5.41) is 0.149. The maximum atomic E-state index is 14.0. The molecule has 0 radical (unpaired) electrons. The van der Waals surface area contributed by atoms with Gasteiger partial charge in [-0.25, -0.2) is 12.8 Å². The zero-order valence-electron chi connectivity index (χ0n) is 13.7. The lowest BCUT2D eigenvalue weighted by Crippen LogP contribution is -2.39. The van der Waals surface area contributed by atoms with E-state index in [9.17, 15) is 17.6 Å². The van der Waals surface area contributed by atoms with Gasteiger partial charge in [-0.15, -0.1) is 0 Å². The van der Waals surface area contributed by atoms with Crippen LogP contribution in [-0.2, 0) is 14.8 Å². The van der Waals surface area contributed by atoms with E-state index in [0.29, 0.717) is 19.5 Å². The number of hydrogen-bond donors (Lipinski definition) is 0. The monoisotopic (exact) mass is 377 g/mol. The molecule has 9 heteroatoms. The van der Waals surface area contributed by atoms with E-state index in [1.54, 1.807) is 14.1 Å². The van der Waals surface area contributed by atoms with Crippen LogP contribution in [0.3, 0.4) is 0 Å². The second-order valence-electron chi connectivity index (χ2n) is 5.90. The van der Waals surface area contributed by atoms with Crippen LogP contribution in [0.4, 0.5) is 4.39 Å². The Bertz CT molecular complexity index is 712. The molecule has 1 aromatic carbocycles. The van der Waals surface area contributed by atoms with E-state index in [1.807, 2.05) is 4.90 Å². The fourth-order valence-corrected chi connectivity index (χ4v) is 4.18. The van der Waals surface area contributed by atoms with Crippen molar-refractivity contribution in [3.63, 3.8) is 0 Å². The van der Waals surface area contributed by atoms with Crippen molar-refractivity contribution in [1.82, 2.24) is 14.1 Å². The Kier molecular flexibility index (Phi) is 6.19. The number of hydrogen-bond acceptors (Lipinski definition) is 4. The van der Waals surface area contributed by atoms with Gasteiger partial charge in [-0.05, 0) is 31.2 Å². The van der Waals surface area contributed by atoms with Gasteiger partial charge in [0, 0.05) is 38.8 Å². The van der Waals surface area contributed by atoms with E-state index in [1.165, 1.54) is 21.3 Å². The topological polar surface area (TPSA) is 60.9 Å². The van der Waals surface area contributed by atoms with Crippen LogP contribution < -0.4 is 0 Å². The SMILES string of the molecule is CN(C)C(=O)CN1CCCN(S(=O)(=O)c2ccc(Cl)cc2F)CC1. The summed E-state index contributed by atoms with van der Waals surface area (Å²) in [6, 6.07) is 3.54. The van der Waals surface area contributed by atoms with Gasteiger partial charge in [-0.1, -0.05) is 11.6 Å². The van der Waals surface area contributed by atoms with Crippen LogP contribution >= 0.6 is 11.6 Å². The van der Waals surface area contributed by atoms with Crippen LogP contribution in [0.2, 0.25) is 5.02 Å². The number of benzene rings is 1. The first-order chi connectivity index (χ1) is 11.2. The predicted molar refractivity (Wildman–Crippen MR) is 89.9 cm³/mol. The maximum absolute atomic E-state index is 14.0. The van der Waals surface area contributed by atoms with Crippen LogP contribution in [0.15, 0.2) is 23.1 Å². The average Bonchev–Trinajstić information content (AvgIpc) is 2.72. The highest BCUT2D eigenvalue weighted by atomic mass is 35.5. The molecule has 0 N–H and O–H groups in total. The molecule has 1 aliphatic rings. The van der Waals surface area contributed by atoms with E-state index in [-0.39, 0.29) is 35.5 Å². The lowest BCUT2D eigenvalue weighted by Gasteiger charge is -2.22. The molecule has 0 aliphatic carbocycles. The van der Waals surface area contributed by atoms with Crippen molar-refractivity contribution in [2.75, 3.05) is 46.8 Å². The van der Waals surface area contributed by atoms with E-state index in [2.05, 4.69) is 0 Å². The quantitative estimate of drug-likeness (QED) is 0.792. The Morgan fingerprint density at radius 1 is 1.25 bits per heavy atom. The minimum atomic E-state index is -3.92. The number of rotatable bonds is 4. The van der Waals surface area contributed by atoms with Crippen LogP contribution in [-0.4, -0.2) is 75.2 Å². The summed E-state index contributed by atoms with van der Waals surface area (Å²) < 4.78 is 40.6. The molecular formula is C15H21ClFN3O3S. The van der Waals surface area contributed by atoms with Crippen LogP contribution in [0.25, 0.3) is 0 Å². The van der Waals surface area contributed by atoms with Crippen LogP contribution in [0.1, 0.15) is 6.42 Å². The summed E-state index contributed by atoms with van der Waals surface area (Å²) in [7, 11) is -0.562. The van der Waals surface area contributed by atoms with Crippen molar-refractivity contribution < 1.29 is 17.6 Å². The fraction of sp³-hybridized carbons (Fsp3) is 0.533. The Labute approximate surface area is 146 Å². The molecule has 24 heavy (non-hydrogen) atoms. The number of carbonyl (C=O) groups is 1. The van der Waals surface area contributed by atoms with Crippen LogP contribution in [0.5, 0.6) is 0 Å². The van der Waals surface area contributed by atoms with Crippen molar-refractivity contribution in [3.05, 3.63) is 29.0 Å². The Morgan fingerprint density at radius 2 is 1.96 bits per heavy atom.